The number of benzene rings is 1. The van der Waals surface area contributed by atoms with Gasteiger partial charge in [0.25, 0.3) is 10.0 Å². The monoisotopic (exact) mass is 308 g/mol. The second-order valence-corrected chi connectivity index (χ2v) is 6.64. The number of halogens is 1. The number of sulfonamides is 1. The molecule has 21 heavy (non-hydrogen) atoms. The van der Waals surface area contributed by atoms with E-state index in [-0.39, 0.29) is 11.4 Å². The van der Waals surface area contributed by atoms with Crippen LogP contribution in [0.2, 0.25) is 0 Å². The van der Waals surface area contributed by atoms with Gasteiger partial charge in [-0.15, -0.1) is 0 Å². The van der Waals surface area contributed by atoms with Crippen molar-refractivity contribution in [2.75, 3.05) is 10.8 Å². The molecule has 0 saturated carbocycles. The molecule has 1 aromatic carbocycles. The number of para-hydroxylation sites is 1. The van der Waals surface area contributed by atoms with Crippen LogP contribution in [0.1, 0.15) is 18.1 Å². The standard InChI is InChI=1S/C14H13FN2O3S/c15-10-7-11(9-16-8-10)21(19,20)17-6-5-14(18)12-3-1-2-4-13(12)17/h1-4,7-9,14,18H,5-6H2. The van der Waals surface area contributed by atoms with Crippen LogP contribution in [0.5, 0.6) is 0 Å². The molecule has 0 radical (unpaired) electrons. The zero-order valence-electron chi connectivity index (χ0n) is 11.0. The summed E-state index contributed by atoms with van der Waals surface area (Å²) in [5.74, 6) is -0.707. The molecule has 3 rings (SSSR count). The lowest BCUT2D eigenvalue weighted by Gasteiger charge is -2.32. The summed E-state index contributed by atoms with van der Waals surface area (Å²) < 4.78 is 39.7. The van der Waals surface area contributed by atoms with Gasteiger partial charge in [-0.2, -0.15) is 0 Å². The number of aromatic nitrogens is 1. The normalized spacial score (nSPS) is 18.4. The number of anilines is 1. The Hall–Kier alpha value is -1.99. The summed E-state index contributed by atoms with van der Waals surface area (Å²) in [6.07, 6.45) is 1.66. The number of rotatable bonds is 2. The van der Waals surface area contributed by atoms with E-state index in [4.69, 9.17) is 0 Å². The van der Waals surface area contributed by atoms with Gasteiger partial charge in [0.05, 0.1) is 18.0 Å². The van der Waals surface area contributed by atoms with E-state index in [1.807, 2.05) is 0 Å². The third-order valence-corrected chi connectivity index (χ3v) is 5.22. The molecule has 1 aromatic heterocycles. The van der Waals surface area contributed by atoms with Crippen molar-refractivity contribution in [1.82, 2.24) is 4.98 Å². The minimum atomic E-state index is -3.90. The van der Waals surface area contributed by atoms with Gasteiger partial charge in [-0.3, -0.25) is 9.29 Å². The predicted octanol–water partition coefficient (Wildman–Crippen LogP) is 1.85. The van der Waals surface area contributed by atoms with Crippen molar-refractivity contribution in [3.05, 3.63) is 54.1 Å². The van der Waals surface area contributed by atoms with Crippen molar-refractivity contribution in [2.45, 2.75) is 17.4 Å². The van der Waals surface area contributed by atoms with Gasteiger partial charge in [0.2, 0.25) is 0 Å². The largest absolute Gasteiger partial charge is 0.388 e. The van der Waals surface area contributed by atoms with Crippen LogP contribution in [0.3, 0.4) is 0 Å². The first-order chi connectivity index (χ1) is 10.00. The van der Waals surface area contributed by atoms with Crippen molar-refractivity contribution in [1.29, 1.82) is 0 Å². The van der Waals surface area contributed by atoms with Gasteiger partial charge in [-0.05, 0) is 18.6 Å². The zero-order chi connectivity index (χ0) is 15.0. The maximum absolute atomic E-state index is 13.2. The summed E-state index contributed by atoms with van der Waals surface area (Å²) in [7, 11) is -3.90. The molecular formula is C14H13FN2O3S. The molecule has 110 valence electrons. The molecule has 0 amide bonds. The van der Waals surface area contributed by atoms with Gasteiger partial charge in [-0.25, -0.2) is 12.8 Å². The fourth-order valence-corrected chi connectivity index (χ4v) is 3.90. The number of aliphatic hydroxyl groups is 1. The molecule has 0 spiro atoms. The molecule has 7 heteroatoms. The molecule has 2 heterocycles. The van der Waals surface area contributed by atoms with Crippen LogP contribution < -0.4 is 4.31 Å². The molecule has 2 aromatic rings. The van der Waals surface area contributed by atoms with Crippen molar-refractivity contribution < 1.29 is 17.9 Å². The van der Waals surface area contributed by atoms with E-state index in [1.165, 1.54) is 4.31 Å². The SMILES string of the molecule is O=S(=O)(c1cncc(F)c1)N1CCC(O)c2ccccc21. The summed E-state index contributed by atoms with van der Waals surface area (Å²) in [6, 6.07) is 7.69. The van der Waals surface area contributed by atoms with Gasteiger partial charge in [0.15, 0.2) is 0 Å². The first-order valence-corrected chi connectivity index (χ1v) is 7.84. The molecule has 1 atom stereocenters. The van der Waals surface area contributed by atoms with Crippen molar-refractivity contribution >= 4 is 15.7 Å². The third kappa shape index (κ3) is 2.38. The zero-order valence-corrected chi connectivity index (χ0v) is 11.8. The Labute approximate surface area is 121 Å². The fourth-order valence-electron chi connectivity index (χ4n) is 2.42. The average molecular weight is 308 g/mol. The van der Waals surface area contributed by atoms with Gasteiger partial charge in [-0.1, -0.05) is 18.2 Å². The van der Waals surface area contributed by atoms with Crippen LogP contribution in [0.4, 0.5) is 10.1 Å². The molecule has 0 fully saturated rings. The molecule has 1 aliphatic rings. The van der Waals surface area contributed by atoms with E-state index < -0.39 is 21.9 Å². The van der Waals surface area contributed by atoms with Gasteiger partial charge < -0.3 is 5.11 Å². The van der Waals surface area contributed by atoms with Gasteiger partial charge >= 0.3 is 0 Å². The summed E-state index contributed by atoms with van der Waals surface area (Å²) in [4.78, 5) is 3.39. The minimum absolute atomic E-state index is 0.136. The van der Waals surface area contributed by atoms with E-state index in [9.17, 15) is 17.9 Å². The lowest BCUT2D eigenvalue weighted by Crippen LogP contribution is -2.36. The minimum Gasteiger partial charge on any atom is -0.388 e. The van der Waals surface area contributed by atoms with Crippen LogP contribution in [0, 0.1) is 5.82 Å². The van der Waals surface area contributed by atoms with Crippen molar-refractivity contribution in [2.24, 2.45) is 0 Å². The quantitative estimate of drug-likeness (QED) is 0.919. The second kappa shape index (κ2) is 5.09. The van der Waals surface area contributed by atoms with Crippen LogP contribution in [0.15, 0.2) is 47.6 Å². The smallest absolute Gasteiger partial charge is 0.265 e. The van der Waals surface area contributed by atoms with E-state index >= 15 is 0 Å². The van der Waals surface area contributed by atoms with E-state index in [2.05, 4.69) is 4.98 Å². The topological polar surface area (TPSA) is 70.5 Å². The highest BCUT2D eigenvalue weighted by atomic mass is 32.2. The number of nitrogens with zero attached hydrogens (tertiary/aromatic N) is 2. The first kappa shape index (κ1) is 14.0. The van der Waals surface area contributed by atoms with Crippen molar-refractivity contribution in [3.8, 4) is 0 Å². The van der Waals surface area contributed by atoms with E-state index in [0.717, 1.165) is 18.5 Å². The number of aliphatic hydroxyl groups excluding tert-OH is 1. The Bertz CT molecular complexity index is 779. The Morgan fingerprint density at radius 2 is 2.05 bits per heavy atom. The third-order valence-electron chi connectivity index (χ3n) is 3.44. The highest BCUT2D eigenvalue weighted by Gasteiger charge is 2.32. The lowest BCUT2D eigenvalue weighted by atomic mass is 10.0. The Morgan fingerprint density at radius 3 is 2.81 bits per heavy atom. The van der Waals surface area contributed by atoms with E-state index in [0.29, 0.717) is 17.7 Å². The molecule has 0 aliphatic carbocycles. The number of fused-ring (bicyclic) bond motifs is 1. The van der Waals surface area contributed by atoms with Crippen LogP contribution in [0.25, 0.3) is 0 Å². The first-order valence-electron chi connectivity index (χ1n) is 6.40. The van der Waals surface area contributed by atoms with Gasteiger partial charge in [0.1, 0.15) is 10.7 Å². The number of pyridine rings is 1. The van der Waals surface area contributed by atoms with Crippen LogP contribution in [-0.2, 0) is 10.0 Å². The molecular weight excluding hydrogens is 295 g/mol. The molecule has 1 unspecified atom stereocenters. The molecule has 0 saturated heterocycles. The summed E-state index contributed by atoms with van der Waals surface area (Å²) >= 11 is 0. The maximum atomic E-state index is 13.2. The lowest BCUT2D eigenvalue weighted by molar-refractivity contribution is 0.166. The summed E-state index contributed by atoms with van der Waals surface area (Å²) in [5.41, 5.74) is 0.970. The summed E-state index contributed by atoms with van der Waals surface area (Å²) in [5, 5.41) is 9.97. The molecule has 5 nitrogen and oxygen atoms in total. The Kier molecular flexibility index (Phi) is 3.38. The highest BCUT2D eigenvalue weighted by molar-refractivity contribution is 7.92. The van der Waals surface area contributed by atoms with Crippen molar-refractivity contribution in [3.63, 3.8) is 0 Å². The average Bonchev–Trinajstić information content (AvgIpc) is 2.47. The van der Waals surface area contributed by atoms with Crippen LogP contribution >= 0.6 is 0 Å². The number of hydrogen-bond acceptors (Lipinski definition) is 4. The fraction of sp³-hybridized carbons (Fsp3) is 0.214. The summed E-state index contributed by atoms with van der Waals surface area (Å²) in [6.45, 7) is 0.136. The molecule has 1 N–H and O–H groups in total. The predicted molar refractivity (Wildman–Crippen MR) is 74.7 cm³/mol. The van der Waals surface area contributed by atoms with E-state index in [1.54, 1.807) is 24.3 Å². The Balaban J connectivity index is 2.11. The Morgan fingerprint density at radius 1 is 1.29 bits per heavy atom. The molecule has 1 aliphatic heterocycles. The number of hydrogen-bond donors (Lipinski definition) is 1. The maximum Gasteiger partial charge on any atom is 0.265 e. The molecule has 0 bridgehead atoms. The van der Waals surface area contributed by atoms with Crippen LogP contribution in [-0.4, -0.2) is 25.1 Å². The van der Waals surface area contributed by atoms with Gasteiger partial charge in [0, 0.05) is 18.3 Å². The second-order valence-electron chi connectivity index (χ2n) is 4.78. The highest BCUT2D eigenvalue weighted by Crippen LogP contribution is 2.36.